The van der Waals surface area contributed by atoms with Crippen LogP contribution in [-0.2, 0) is 14.1 Å². The first-order valence-corrected chi connectivity index (χ1v) is 13.6. The molecule has 7 nitrogen and oxygen atoms in total. The van der Waals surface area contributed by atoms with Crippen LogP contribution in [0.25, 0.3) is 44.6 Å². The SMILES string of the molecule is Cn1cncc1C(c1ccc2c(c1)c(-c1cccc(Cl)c1)cc(=O)n2C)n1c(-c2ccccn2)nc2ccccc21. The number of fused-ring (bicyclic) bond motifs is 2. The molecule has 1 unspecified atom stereocenters. The van der Waals surface area contributed by atoms with E-state index in [0.717, 1.165) is 55.8 Å². The van der Waals surface area contributed by atoms with Crippen molar-refractivity contribution in [3.8, 4) is 22.6 Å². The second-order valence-corrected chi connectivity index (χ2v) is 10.5. The van der Waals surface area contributed by atoms with Gasteiger partial charge in [0, 0.05) is 36.8 Å². The fourth-order valence-electron chi connectivity index (χ4n) is 5.61. The predicted octanol–water partition coefficient (Wildman–Crippen LogP) is 6.64. The third-order valence-corrected chi connectivity index (χ3v) is 7.84. The molecule has 0 amide bonds. The summed E-state index contributed by atoms with van der Waals surface area (Å²) in [6, 6.07) is 29.2. The number of aryl methyl sites for hydroxylation is 2. The van der Waals surface area contributed by atoms with Crippen LogP contribution in [0.4, 0.5) is 0 Å². The molecule has 4 heterocycles. The van der Waals surface area contributed by atoms with E-state index in [1.807, 2.05) is 90.9 Å². The lowest BCUT2D eigenvalue weighted by Crippen LogP contribution is -2.19. The Morgan fingerprint density at radius 2 is 1.71 bits per heavy atom. The van der Waals surface area contributed by atoms with E-state index in [-0.39, 0.29) is 11.6 Å². The van der Waals surface area contributed by atoms with E-state index in [1.54, 1.807) is 23.9 Å². The molecule has 0 fully saturated rings. The lowest BCUT2D eigenvalue weighted by atomic mass is 9.95. The summed E-state index contributed by atoms with van der Waals surface area (Å²) in [6.45, 7) is 0. The topological polar surface area (TPSA) is 70.5 Å². The van der Waals surface area contributed by atoms with Gasteiger partial charge in [0.25, 0.3) is 5.56 Å². The summed E-state index contributed by atoms with van der Waals surface area (Å²) < 4.78 is 5.94. The molecule has 0 saturated carbocycles. The molecule has 1 atom stereocenters. The van der Waals surface area contributed by atoms with Crippen molar-refractivity contribution in [2.24, 2.45) is 14.1 Å². The van der Waals surface area contributed by atoms with Crippen LogP contribution in [0.1, 0.15) is 17.3 Å². The van der Waals surface area contributed by atoms with Gasteiger partial charge in [-0.2, -0.15) is 0 Å². The lowest BCUT2D eigenvalue weighted by molar-refractivity contribution is 0.647. The van der Waals surface area contributed by atoms with Crippen LogP contribution in [0.2, 0.25) is 5.02 Å². The number of aromatic nitrogens is 6. The molecular formula is C33H25ClN6O. The van der Waals surface area contributed by atoms with Crippen molar-refractivity contribution in [2.45, 2.75) is 6.04 Å². The first-order chi connectivity index (χ1) is 20.0. The highest BCUT2D eigenvalue weighted by molar-refractivity contribution is 6.30. The Labute approximate surface area is 241 Å². The van der Waals surface area contributed by atoms with Gasteiger partial charge in [-0.15, -0.1) is 0 Å². The molecule has 0 bridgehead atoms. The van der Waals surface area contributed by atoms with Crippen LogP contribution in [0, 0.1) is 0 Å². The second kappa shape index (κ2) is 9.87. The normalized spacial score (nSPS) is 12.3. The first-order valence-electron chi connectivity index (χ1n) is 13.2. The zero-order chi connectivity index (χ0) is 28.1. The van der Waals surface area contributed by atoms with Gasteiger partial charge in [0.05, 0.1) is 34.8 Å². The minimum absolute atomic E-state index is 0.0820. The minimum Gasteiger partial charge on any atom is -0.336 e. The summed E-state index contributed by atoms with van der Waals surface area (Å²) in [7, 11) is 3.80. The second-order valence-electron chi connectivity index (χ2n) is 10.1. The number of rotatable bonds is 5. The van der Waals surface area contributed by atoms with Crippen LogP contribution >= 0.6 is 11.6 Å². The standard InChI is InChI=1S/C33H25ClN6O/c1-38-20-35-19-30(38)32(40-29-12-4-3-10-26(29)37-33(40)27-11-5-6-15-36-27)22-13-14-28-25(17-22)24(18-31(41)39(28)2)21-8-7-9-23(34)16-21/h3-20,32H,1-2H3. The quantitative estimate of drug-likeness (QED) is 0.238. The van der Waals surface area contributed by atoms with Crippen LogP contribution < -0.4 is 5.56 Å². The summed E-state index contributed by atoms with van der Waals surface area (Å²) in [6.07, 6.45) is 5.49. The van der Waals surface area contributed by atoms with Crippen LogP contribution in [0.3, 0.4) is 0 Å². The van der Waals surface area contributed by atoms with Crippen LogP contribution in [-0.4, -0.2) is 28.7 Å². The fourth-order valence-corrected chi connectivity index (χ4v) is 5.80. The summed E-state index contributed by atoms with van der Waals surface area (Å²) in [5.74, 6) is 0.758. The Bertz CT molecular complexity index is 2130. The molecule has 0 N–H and O–H groups in total. The van der Waals surface area contributed by atoms with Gasteiger partial charge in [-0.1, -0.05) is 48.0 Å². The maximum absolute atomic E-state index is 13.0. The third-order valence-electron chi connectivity index (χ3n) is 7.60. The van der Waals surface area contributed by atoms with E-state index in [2.05, 4.69) is 32.7 Å². The van der Waals surface area contributed by atoms with Gasteiger partial charge in [-0.3, -0.25) is 9.78 Å². The largest absolute Gasteiger partial charge is 0.336 e. The van der Waals surface area contributed by atoms with E-state index in [4.69, 9.17) is 16.6 Å². The number of nitrogens with zero attached hydrogens (tertiary/aromatic N) is 6. The minimum atomic E-state index is -0.291. The smallest absolute Gasteiger partial charge is 0.251 e. The van der Waals surface area contributed by atoms with E-state index in [9.17, 15) is 4.79 Å². The lowest BCUT2D eigenvalue weighted by Gasteiger charge is -2.24. The van der Waals surface area contributed by atoms with Gasteiger partial charge < -0.3 is 13.7 Å². The number of pyridine rings is 2. The molecule has 200 valence electrons. The molecule has 0 aliphatic rings. The maximum Gasteiger partial charge on any atom is 0.251 e. The molecule has 0 spiro atoms. The molecular weight excluding hydrogens is 532 g/mol. The number of para-hydroxylation sites is 2. The highest BCUT2D eigenvalue weighted by Gasteiger charge is 2.27. The maximum atomic E-state index is 13.0. The van der Waals surface area contributed by atoms with Gasteiger partial charge >= 0.3 is 0 Å². The predicted molar refractivity (Wildman–Crippen MR) is 163 cm³/mol. The van der Waals surface area contributed by atoms with Crippen LogP contribution in [0.15, 0.2) is 115 Å². The zero-order valence-electron chi connectivity index (χ0n) is 22.4. The number of halogens is 1. The molecule has 8 heteroatoms. The van der Waals surface area contributed by atoms with Crippen molar-refractivity contribution in [1.29, 1.82) is 0 Å². The van der Waals surface area contributed by atoms with Crippen molar-refractivity contribution >= 4 is 33.5 Å². The molecule has 0 aliphatic carbocycles. The summed E-state index contributed by atoms with van der Waals surface area (Å²) in [4.78, 5) is 27.2. The summed E-state index contributed by atoms with van der Waals surface area (Å²) in [5.41, 5.74) is 7.11. The van der Waals surface area contributed by atoms with Gasteiger partial charge in [0.2, 0.25) is 0 Å². The van der Waals surface area contributed by atoms with Crippen molar-refractivity contribution in [3.05, 3.63) is 136 Å². The molecule has 41 heavy (non-hydrogen) atoms. The Hall–Kier alpha value is -5.01. The Balaban J connectivity index is 1.56. The highest BCUT2D eigenvalue weighted by Crippen LogP contribution is 2.37. The number of hydrogen-bond acceptors (Lipinski definition) is 4. The highest BCUT2D eigenvalue weighted by atomic mass is 35.5. The van der Waals surface area contributed by atoms with Crippen molar-refractivity contribution < 1.29 is 0 Å². The average molecular weight is 557 g/mol. The van der Waals surface area contributed by atoms with Crippen LogP contribution in [0.5, 0.6) is 0 Å². The molecule has 7 rings (SSSR count). The van der Waals surface area contributed by atoms with Crippen molar-refractivity contribution in [1.82, 2.24) is 28.7 Å². The molecule has 0 saturated heterocycles. The first kappa shape index (κ1) is 25.0. The fraction of sp³-hybridized carbons (Fsp3) is 0.0909. The third kappa shape index (κ3) is 4.22. The van der Waals surface area contributed by atoms with Crippen molar-refractivity contribution in [2.75, 3.05) is 0 Å². The molecule has 0 radical (unpaired) electrons. The van der Waals surface area contributed by atoms with E-state index >= 15 is 0 Å². The number of imidazole rings is 2. The Morgan fingerprint density at radius 1 is 0.854 bits per heavy atom. The summed E-state index contributed by atoms with van der Waals surface area (Å²) in [5, 5.41) is 1.56. The molecule has 0 aliphatic heterocycles. The number of hydrogen-bond donors (Lipinski definition) is 0. The molecule has 7 aromatic rings. The van der Waals surface area contributed by atoms with E-state index in [1.165, 1.54) is 0 Å². The van der Waals surface area contributed by atoms with Crippen molar-refractivity contribution in [3.63, 3.8) is 0 Å². The summed E-state index contributed by atoms with van der Waals surface area (Å²) >= 11 is 6.37. The Kier molecular flexibility index (Phi) is 6.02. The van der Waals surface area contributed by atoms with Gasteiger partial charge in [-0.25, -0.2) is 9.97 Å². The van der Waals surface area contributed by atoms with Gasteiger partial charge in [-0.05, 0) is 65.2 Å². The van der Waals surface area contributed by atoms with Gasteiger partial charge in [0.15, 0.2) is 5.82 Å². The van der Waals surface area contributed by atoms with Gasteiger partial charge in [0.1, 0.15) is 11.7 Å². The Morgan fingerprint density at radius 3 is 2.49 bits per heavy atom. The van der Waals surface area contributed by atoms with E-state index < -0.39 is 0 Å². The van der Waals surface area contributed by atoms with E-state index in [0.29, 0.717) is 5.02 Å². The number of benzene rings is 3. The zero-order valence-corrected chi connectivity index (χ0v) is 23.2. The monoisotopic (exact) mass is 556 g/mol. The molecule has 4 aromatic heterocycles. The molecule has 3 aromatic carbocycles. The average Bonchev–Trinajstić information content (AvgIpc) is 3.59.